The lowest BCUT2D eigenvalue weighted by Gasteiger charge is -2.49. The van der Waals surface area contributed by atoms with Crippen LogP contribution in [0.4, 0.5) is 34.1 Å². The van der Waals surface area contributed by atoms with Crippen molar-refractivity contribution in [2.24, 2.45) is 0 Å². The lowest BCUT2D eigenvalue weighted by Crippen LogP contribution is -2.38. The largest absolute Gasteiger partial charge is 0.310 e. The second-order valence-electron chi connectivity index (χ2n) is 16.7. The Kier molecular flexibility index (Phi) is 6.65. The van der Waals surface area contributed by atoms with Crippen LogP contribution in [0.3, 0.4) is 0 Å². The maximum absolute atomic E-state index is 2.54. The van der Waals surface area contributed by atoms with Crippen LogP contribution in [0.1, 0.15) is 74.9 Å². The molecular formula is C51H44N2. The van der Waals surface area contributed by atoms with Gasteiger partial charge >= 0.3 is 0 Å². The third-order valence-corrected chi connectivity index (χ3v) is 12.6. The molecule has 0 atom stereocenters. The van der Waals surface area contributed by atoms with E-state index >= 15 is 0 Å². The predicted molar refractivity (Wildman–Crippen MR) is 223 cm³/mol. The molecule has 0 aromatic heterocycles. The summed E-state index contributed by atoms with van der Waals surface area (Å²) in [5, 5.41) is 0. The molecule has 2 nitrogen and oxygen atoms in total. The normalized spacial score (nSPS) is 16.2. The number of hydrogen-bond donors (Lipinski definition) is 0. The van der Waals surface area contributed by atoms with E-state index in [1.54, 1.807) is 0 Å². The van der Waals surface area contributed by atoms with E-state index in [0.717, 1.165) is 17.1 Å². The van der Waals surface area contributed by atoms with E-state index in [0.29, 0.717) is 0 Å². The summed E-state index contributed by atoms with van der Waals surface area (Å²) in [7, 11) is 0. The van der Waals surface area contributed by atoms with E-state index in [1.165, 1.54) is 72.7 Å². The fourth-order valence-corrected chi connectivity index (χ4v) is 9.72. The van der Waals surface area contributed by atoms with Crippen molar-refractivity contribution < 1.29 is 0 Å². The van der Waals surface area contributed by atoms with Crippen molar-refractivity contribution in [2.45, 2.75) is 57.8 Å². The summed E-state index contributed by atoms with van der Waals surface area (Å²) in [6.07, 6.45) is 0. The Labute approximate surface area is 314 Å². The van der Waals surface area contributed by atoms with E-state index in [4.69, 9.17) is 0 Å². The SMILES string of the molecule is CC1(C)c2ccccc2-c2ccc(-c3ccc(N(c4ccccc4)c4ccc5c(c4)C(C)(C)c4cccc6c4N5c4ccccc4C6(C)C)cc3)cc21. The van der Waals surface area contributed by atoms with Gasteiger partial charge in [-0.15, -0.1) is 0 Å². The molecular weight excluding hydrogens is 641 g/mol. The van der Waals surface area contributed by atoms with Gasteiger partial charge in [-0.2, -0.15) is 0 Å². The molecule has 0 bridgehead atoms. The standard InChI is InChI=1S/C51H44N2/c1-49(2)40-18-11-10-17-38(40)39-29-25-34(31-44(39)49)33-23-26-36(27-24-33)52(35-15-8-7-9-16-35)37-28-30-47-45(32-37)51(5,6)43-21-14-20-42-48(43)53(47)46-22-13-12-19-41(46)50(42,3)4/h7-32H,1-6H3. The van der Waals surface area contributed by atoms with Crippen LogP contribution in [0.5, 0.6) is 0 Å². The minimum absolute atomic E-state index is 0.0270. The van der Waals surface area contributed by atoms with Gasteiger partial charge in [0.05, 0.1) is 17.1 Å². The Morgan fingerprint density at radius 2 is 0.887 bits per heavy atom. The first kappa shape index (κ1) is 31.8. The highest BCUT2D eigenvalue weighted by Crippen LogP contribution is 2.60. The molecule has 0 radical (unpaired) electrons. The Balaban J connectivity index is 1.08. The van der Waals surface area contributed by atoms with E-state index < -0.39 is 0 Å². The van der Waals surface area contributed by atoms with Gasteiger partial charge in [0.1, 0.15) is 0 Å². The Hall–Kier alpha value is -5.86. The number of fused-ring (bicyclic) bond motifs is 7. The van der Waals surface area contributed by atoms with Gasteiger partial charge in [-0.1, -0.05) is 145 Å². The van der Waals surface area contributed by atoms with Crippen LogP contribution in [0.15, 0.2) is 158 Å². The van der Waals surface area contributed by atoms with Gasteiger partial charge in [0.15, 0.2) is 0 Å². The maximum atomic E-state index is 2.54. The summed E-state index contributed by atoms with van der Waals surface area (Å²) in [6, 6.07) is 58.8. The number of rotatable bonds is 4. The fraction of sp³-hybridized carbons (Fsp3) is 0.176. The Morgan fingerprint density at radius 3 is 1.64 bits per heavy atom. The van der Waals surface area contributed by atoms with Crippen LogP contribution >= 0.6 is 0 Å². The average molecular weight is 685 g/mol. The highest BCUT2D eigenvalue weighted by molar-refractivity contribution is 5.94. The van der Waals surface area contributed by atoms with Gasteiger partial charge in [-0.3, -0.25) is 0 Å². The minimum Gasteiger partial charge on any atom is -0.310 e. The highest BCUT2D eigenvalue weighted by atomic mass is 15.2. The van der Waals surface area contributed by atoms with Gasteiger partial charge in [0.2, 0.25) is 0 Å². The van der Waals surface area contributed by atoms with Crippen LogP contribution in [0, 0.1) is 0 Å². The second kappa shape index (κ2) is 11.1. The van der Waals surface area contributed by atoms with Crippen molar-refractivity contribution in [3.05, 3.63) is 191 Å². The summed E-state index contributed by atoms with van der Waals surface area (Å²) in [6.45, 7) is 14.2. The van der Waals surface area contributed by atoms with Gasteiger partial charge in [0, 0.05) is 33.3 Å². The van der Waals surface area contributed by atoms with Crippen LogP contribution in [-0.2, 0) is 16.2 Å². The summed E-state index contributed by atoms with van der Waals surface area (Å²) in [5.74, 6) is 0. The molecule has 2 heterocycles. The molecule has 0 fully saturated rings. The molecule has 7 aromatic rings. The molecule has 2 aliphatic heterocycles. The van der Waals surface area contributed by atoms with Crippen LogP contribution in [0.2, 0.25) is 0 Å². The van der Waals surface area contributed by atoms with Gasteiger partial charge in [-0.05, 0) is 110 Å². The van der Waals surface area contributed by atoms with Crippen molar-refractivity contribution in [3.8, 4) is 22.3 Å². The molecule has 0 spiro atoms. The molecule has 3 aliphatic rings. The molecule has 0 saturated carbocycles. The van der Waals surface area contributed by atoms with Crippen molar-refractivity contribution >= 4 is 34.1 Å². The molecule has 258 valence electrons. The molecule has 10 rings (SSSR count). The van der Waals surface area contributed by atoms with E-state index in [2.05, 4.69) is 209 Å². The number of nitrogens with zero attached hydrogens (tertiary/aromatic N) is 2. The van der Waals surface area contributed by atoms with E-state index in [-0.39, 0.29) is 16.2 Å². The molecule has 53 heavy (non-hydrogen) atoms. The summed E-state index contributed by atoms with van der Waals surface area (Å²) >= 11 is 0. The fourth-order valence-electron chi connectivity index (χ4n) is 9.72. The molecule has 2 heteroatoms. The molecule has 0 unspecified atom stereocenters. The average Bonchev–Trinajstić information content (AvgIpc) is 3.41. The summed E-state index contributed by atoms with van der Waals surface area (Å²) in [4.78, 5) is 4.94. The quantitative estimate of drug-likeness (QED) is 0.182. The molecule has 1 aliphatic carbocycles. The zero-order valence-electron chi connectivity index (χ0n) is 31.4. The monoisotopic (exact) mass is 684 g/mol. The summed E-state index contributed by atoms with van der Waals surface area (Å²) < 4.78 is 0. The zero-order valence-corrected chi connectivity index (χ0v) is 31.4. The lowest BCUT2D eigenvalue weighted by atomic mass is 9.66. The van der Waals surface area contributed by atoms with Crippen molar-refractivity contribution in [3.63, 3.8) is 0 Å². The molecule has 0 saturated heterocycles. The van der Waals surface area contributed by atoms with Crippen LogP contribution < -0.4 is 9.80 Å². The highest BCUT2D eigenvalue weighted by Gasteiger charge is 2.45. The summed E-state index contributed by atoms with van der Waals surface area (Å²) in [5.41, 5.74) is 20.4. The number of para-hydroxylation sites is 3. The van der Waals surface area contributed by atoms with E-state index in [9.17, 15) is 0 Å². The minimum atomic E-state index is -0.206. The van der Waals surface area contributed by atoms with Crippen molar-refractivity contribution in [1.29, 1.82) is 0 Å². The second-order valence-corrected chi connectivity index (χ2v) is 16.7. The van der Waals surface area contributed by atoms with Crippen molar-refractivity contribution in [2.75, 3.05) is 9.80 Å². The molecule has 7 aromatic carbocycles. The topological polar surface area (TPSA) is 6.48 Å². The Bertz CT molecular complexity index is 2590. The van der Waals surface area contributed by atoms with Crippen LogP contribution in [0.25, 0.3) is 22.3 Å². The lowest BCUT2D eigenvalue weighted by molar-refractivity contribution is 0.597. The van der Waals surface area contributed by atoms with Gasteiger partial charge in [-0.25, -0.2) is 0 Å². The third kappa shape index (κ3) is 4.45. The third-order valence-electron chi connectivity index (χ3n) is 12.6. The first-order chi connectivity index (χ1) is 25.6. The molecule has 0 amide bonds. The first-order valence-electron chi connectivity index (χ1n) is 18.9. The van der Waals surface area contributed by atoms with E-state index in [1.807, 2.05) is 0 Å². The van der Waals surface area contributed by atoms with Gasteiger partial charge < -0.3 is 9.80 Å². The number of anilines is 6. The van der Waals surface area contributed by atoms with Crippen molar-refractivity contribution in [1.82, 2.24) is 0 Å². The van der Waals surface area contributed by atoms with Gasteiger partial charge in [0.25, 0.3) is 0 Å². The zero-order chi connectivity index (χ0) is 36.3. The van der Waals surface area contributed by atoms with Crippen LogP contribution in [-0.4, -0.2) is 0 Å². The predicted octanol–water partition coefficient (Wildman–Crippen LogP) is 13.9. The first-order valence-corrected chi connectivity index (χ1v) is 18.9. The maximum Gasteiger partial charge on any atom is 0.0543 e. The Morgan fingerprint density at radius 1 is 0.358 bits per heavy atom. The number of benzene rings is 7. The number of hydrogen-bond acceptors (Lipinski definition) is 2. The smallest absolute Gasteiger partial charge is 0.0543 e. The molecule has 0 N–H and O–H groups in total.